The van der Waals surface area contributed by atoms with Gasteiger partial charge < -0.3 is 5.32 Å². The van der Waals surface area contributed by atoms with E-state index < -0.39 is 0 Å². The Morgan fingerprint density at radius 2 is 2.26 bits per heavy atom. The molecule has 1 aliphatic heterocycles. The van der Waals surface area contributed by atoms with Crippen molar-refractivity contribution in [1.29, 1.82) is 0 Å². The number of nitrogens with zero attached hydrogens (tertiary/aromatic N) is 3. The molecular formula is C14H17FN4. The van der Waals surface area contributed by atoms with E-state index in [2.05, 4.69) is 15.6 Å². The number of aromatic nitrogens is 3. The molecular weight excluding hydrogens is 243 g/mol. The van der Waals surface area contributed by atoms with Crippen molar-refractivity contribution in [1.82, 2.24) is 20.3 Å². The zero-order valence-electron chi connectivity index (χ0n) is 10.9. The molecule has 1 atom stereocenters. The number of halogens is 1. The van der Waals surface area contributed by atoms with E-state index in [0.717, 1.165) is 24.3 Å². The highest BCUT2D eigenvalue weighted by atomic mass is 19.1. The van der Waals surface area contributed by atoms with Crippen LogP contribution in [0.5, 0.6) is 0 Å². The van der Waals surface area contributed by atoms with Crippen LogP contribution in [0.1, 0.15) is 36.6 Å². The van der Waals surface area contributed by atoms with Gasteiger partial charge in [0.1, 0.15) is 11.5 Å². The molecule has 4 nitrogen and oxygen atoms in total. The highest BCUT2D eigenvalue weighted by molar-refractivity contribution is 5.40. The summed E-state index contributed by atoms with van der Waals surface area (Å²) >= 11 is 0. The second kappa shape index (κ2) is 5.09. The van der Waals surface area contributed by atoms with Crippen molar-refractivity contribution in [3.8, 4) is 5.69 Å². The first-order valence-electron chi connectivity index (χ1n) is 6.67. The van der Waals surface area contributed by atoms with E-state index in [1.54, 1.807) is 17.7 Å². The summed E-state index contributed by atoms with van der Waals surface area (Å²) in [5.41, 5.74) is 2.27. The number of hydrogen-bond acceptors (Lipinski definition) is 3. The molecule has 2 heterocycles. The molecule has 100 valence electrons. The molecule has 1 unspecified atom stereocenters. The van der Waals surface area contributed by atoms with Gasteiger partial charge in [-0.25, -0.2) is 9.07 Å². The Morgan fingerprint density at radius 1 is 1.37 bits per heavy atom. The summed E-state index contributed by atoms with van der Waals surface area (Å²) in [4.78, 5) is 0. The van der Waals surface area contributed by atoms with Gasteiger partial charge in [-0.05, 0) is 38.4 Å². The minimum atomic E-state index is -0.217. The monoisotopic (exact) mass is 260 g/mol. The molecule has 0 saturated carbocycles. The summed E-state index contributed by atoms with van der Waals surface area (Å²) in [5, 5.41) is 11.8. The smallest absolute Gasteiger partial charge is 0.128 e. The van der Waals surface area contributed by atoms with Gasteiger partial charge in [-0.15, -0.1) is 5.10 Å². The predicted molar refractivity (Wildman–Crippen MR) is 70.6 cm³/mol. The lowest BCUT2D eigenvalue weighted by molar-refractivity contribution is 0.405. The SMILES string of the molecule is Cc1c(F)cccc1-n1cc(C2CCCCN2)nn1. The Balaban J connectivity index is 1.90. The van der Waals surface area contributed by atoms with Crippen molar-refractivity contribution in [2.24, 2.45) is 0 Å². The maximum atomic E-state index is 13.6. The fourth-order valence-electron chi connectivity index (χ4n) is 2.50. The molecule has 1 saturated heterocycles. The lowest BCUT2D eigenvalue weighted by Crippen LogP contribution is -2.27. The van der Waals surface area contributed by atoms with E-state index in [0.29, 0.717) is 5.56 Å². The van der Waals surface area contributed by atoms with Gasteiger partial charge in [-0.1, -0.05) is 17.7 Å². The summed E-state index contributed by atoms with van der Waals surface area (Å²) in [7, 11) is 0. The third-order valence-corrected chi connectivity index (χ3v) is 3.66. The van der Waals surface area contributed by atoms with Crippen LogP contribution in [0.25, 0.3) is 5.69 Å². The molecule has 1 aliphatic rings. The first kappa shape index (κ1) is 12.3. The number of nitrogens with one attached hydrogen (secondary N) is 1. The van der Waals surface area contributed by atoms with Crippen molar-refractivity contribution >= 4 is 0 Å². The van der Waals surface area contributed by atoms with Crippen LogP contribution < -0.4 is 5.32 Å². The van der Waals surface area contributed by atoms with Crippen molar-refractivity contribution in [2.75, 3.05) is 6.54 Å². The number of hydrogen-bond donors (Lipinski definition) is 1. The lowest BCUT2D eigenvalue weighted by atomic mass is 10.0. The van der Waals surface area contributed by atoms with Crippen LogP contribution in [0, 0.1) is 12.7 Å². The molecule has 0 bridgehead atoms. The van der Waals surface area contributed by atoms with Gasteiger partial charge in [-0.2, -0.15) is 0 Å². The van der Waals surface area contributed by atoms with Crippen LogP contribution in [0.4, 0.5) is 4.39 Å². The average Bonchev–Trinajstić information content (AvgIpc) is 2.92. The van der Waals surface area contributed by atoms with Crippen LogP contribution in [0.15, 0.2) is 24.4 Å². The second-order valence-electron chi connectivity index (χ2n) is 4.97. The summed E-state index contributed by atoms with van der Waals surface area (Å²) in [5.74, 6) is -0.217. The molecule has 1 aromatic carbocycles. The van der Waals surface area contributed by atoms with E-state index >= 15 is 0 Å². The van der Waals surface area contributed by atoms with Crippen LogP contribution in [0.2, 0.25) is 0 Å². The Kier molecular flexibility index (Phi) is 3.29. The lowest BCUT2D eigenvalue weighted by Gasteiger charge is -2.20. The van der Waals surface area contributed by atoms with E-state index in [4.69, 9.17) is 0 Å². The zero-order valence-corrected chi connectivity index (χ0v) is 10.9. The third kappa shape index (κ3) is 2.38. The highest BCUT2D eigenvalue weighted by Crippen LogP contribution is 2.22. The van der Waals surface area contributed by atoms with E-state index in [1.807, 2.05) is 12.3 Å². The summed E-state index contributed by atoms with van der Waals surface area (Å²) in [6, 6.07) is 5.28. The molecule has 0 aliphatic carbocycles. The molecule has 0 spiro atoms. The van der Waals surface area contributed by atoms with Crippen LogP contribution in [-0.2, 0) is 0 Å². The molecule has 2 aromatic rings. The molecule has 1 fully saturated rings. The zero-order chi connectivity index (χ0) is 13.2. The topological polar surface area (TPSA) is 42.7 Å². The molecule has 0 amide bonds. The number of benzene rings is 1. The molecule has 5 heteroatoms. The fraction of sp³-hybridized carbons (Fsp3) is 0.429. The largest absolute Gasteiger partial charge is 0.309 e. The highest BCUT2D eigenvalue weighted by Gasteiger charge is 2.18. The minimum absolute atomic E-state index is 0.217. The van der Waals surface area contributed by atoms with Gasteiger partial charge in [0.2, 0.25) is 0 Å². The van der Waals surface area contributed by atoms with Crippen LogP contribution in [0.3, 0.4) is 0 Å². The molecule has 0 radical (unpaired) electrons. The third-order valence-electron chi connectivity index (χ3n) is 3.66. The Labute approximate surface area is 111 Å². The first-order chi connectivity index (χ1) is 9.25. The van der Waals surface area contributed by atoms with Crippen LogP contribution >= 0.6 is 0 Å². The molecule has 1 aromatic heterocycles. The van der Waals surface area contributed by atoms with Gasteiger partial charge >= 0.3 is 0 Å². The Hall–Kier alpha value is -1.75. The van der Waals surface area contributed by atoms with E-state index in [-0.39, 0.29) is 11.9 Å². The van der Waals surface area contributed by atoms with Crippen molar-refractivity contribution in [3.05, 3.63) is 41.5 Å². The second-order valence-corrected chi connectivity index (χ2v) is 4.97. The van der Waals surface area contributed by atoms with E-state index in [1.165, 1.54) is 18.9 Å². The predicted octanol–water partition coefficient (Wildman–Crippen LogP) is 2.53. The van der Waals surface area contributed by atoms with Gasteiger partial charge in [0.05, 0.1) is 17.9 Å². The molecule has 1 N–H and O–H groups in total. The van der Waals surface area contributed by atoms with Crippen LogP contribution in [-0.4, -0.2) is 21.5 Å². The summed E-state index contributed by atoms with van der Waals surface area (Å²) in [6.45, 7) is 2.78. The normalized spacial score (nSPS) is 19.6. The number of piperidine rings is 1. The summed E-state index contributed by atoms with van der Waals surface area (Å²) < 4.78 is 15.2. The number of rotatable bonds is 2. The molecule has 19 heavy (non-hydrogen) atoms. The minimum Gasteiger partial charge on any atom is -0.309 e. The Morgan fingerprint density at radius 3 is 3.05 bits per heavy atom. The van der Waals surface area contributed by atoms with Crippen molar-refractivity contribution in [2.45, 2.75) is 32.2 Å². The van der Waals surface area contributed by atoms with Crippen molar-refractivity contribution < 1.29 is 4.39 Å². The van der Waals surface area contributed by atoms with E-state index in [9.17, 15) is 4.39 Å². The Bertz CT molecular complexity index is 573. The standard InChI is InChI=1S/C14H17FN4/c1-10-11(15)5-4-7-14(10)19-9-13(17-18-19)12-6-2-3-8-16-12/h4-5,7,9,12,16H,2-3,6,8H2,1H3. The fourth-order valence-corrected chi connectivity index (χ4v) is 2.50. The van der Waals surface area contributed by atoms with Gasteiger partial charge in [0.15, 0.2) is 0 Å². The summed E-state index contributed by atoms with van der Waals surface area (Å²) in [6.07, 6.45) is 5.41. The average molecular weight is 260 g/mol. The van der Waals surface area contributed by atoms with Crippen molar-refractivity contribution in [3.63, 3.8) is 0 Å². The van der Waals surface area contributed by atoms with Gasteiger partial charge in [-0.3, -0.25) is 0 Å². The quantitative estimate of drug-likeness (QED) is 0.902. The maximum absolute atomic E-state index is 13.6. The first-order valence-corrected chi connectivity index (χ1v) is 6.67. The maximum Gasteiger partial charge on any atom is 0.128 e. The molecule has 3 rings (SSSR count). The van der Waals surface area contributed by atoms with Gasteiger partial charge in [0, 0.05) is 5.56 Å². The van der Waals surface area contributed by atoms with Gasteiger partial charge in [0.25, 0.3) is 0 Å².